The quantitative estimate of drug-likeness (QED) is 0.893. The second-order valence-corrected chi connectivity index (χ2v) is 3.50. The van der Waals surface area contributed by atoms with Gasteiger partial charge < -0.3 is 5.73 Å². The highest BCUT2D eigenvalue weighted by atomic mass is 35.5. The molecule has 0 amide bonds. The molecule has 0 spiro atoms. The molecule has 0 saturated carbocycles. The van der Waals surface area contributed by atoms with Gasteiger partial charge in [-0.3, -0.25) is 4.79 Å². The summed E-state index contributed by atoms with van der Waals surface area (Å²) < 4.78 is 0. The lowest BCUT2D eigenvalue weighted by molar-refractivity contribution is -0.117. The van der Waals surface area contributed by atoms with Gasteiger partial charge in [0.1, 0.15) is 0 Å². The summed E-state index contributed by atoms with van der Waals surface area (Å²) in [5.41, 5.74) is 5.95. The number of ketones is 1. The maximum absolute atomic E-state index is 11.0. The topological polar surface area (TPSA) is 43.1 Å². The molecule has 4 heteroatoms. The molecule has 15 heavy (non-hydrogen) atoms. The van der Waals surface area contributed by atoms with Crippen molar-refractivity contribution in [3.63, 3.8) is 0 Å². The molecule has 0 aliphatic rings. The van der Waals surface area contributed by atoms with E-state index in [1.165, 1.54) is 0 Å². The van der Waals surface area contributed by atoms with Crippen LogP contribution in [-0.4, -0.2) is 12.3 Å². The van der Waals surface area contributed by atoms with E-state index in [-0.39, 0.29) is 18.7 Å². The first-order valence-electron chi connectivity index (χ1n) is 4.79. The zero-order valence-electron chi connectivity index (χ0n) is 8.89. The number of carbonyl (C=O) groups excluding carboxylic acids is 1. The van der Waals surface area contributed by atoms with Gasteiger partial charge in [-0.15, -0.1) is 0 Å². The van der Waals surface area contributed by atoms with Crippen molar-refractivity contribution in [3.05, 3.63) is 33.8 Å². The Balaban J connectivity index is 0.000000921. The van der Waals surface area contributed by atoms with Crippen molar-refractivity contribution in [2.24, 2.45) is 5.73 Å². The zero-order valence-corrected chi connectivity index (χ0v) is 10.4. The van der Waals surface area contributed by atoms with Crippen molar-refractivity contribution in [1.29, 1.82) is 0 Å². The van der Waals surface area contributed by atoms with E-state index in [0.717, 1.165) is 5.56 Å². The van der Waals surface area contributed by atoms with Crippen molar-refractivity contribution in [1.82, 2.24) is 0 Å². The van der Waals surface area contributed by atoms with Gasteiger partial charge in [-0.05, 0) is 17.7 Å². The Bertz CT molecular complexity index is 326. The third kappa shape index (κ3) is 5.17. The van der Waals surface area contributed by atoms with Crippen LogP contribution in [0.2, 0.25) is 10.0 Å². The largest absolute Gasteiger partial charge is 0.324 e. The first kappa shape index (κ1) is 14.4. The van der Waals surface area contributed by atoms with Crippen LogP contribution in [0, 0.1) is 0 Å². The Hall–Kier alpha value is -0.570. The minimum absolute atomic E-state index is 0.0378. The van der Waals surface area contributed by atoms with Crippen LogP contribution in [0.25, 0.3) is 0 Å². The predicted molar refractivity (Wildman–Crippen MR) is 65.6 cm³/mol. The molecule has 0 fully saturated rings. The lowest BCUT2D eigenvalue weighted by Crippen LogP contribution is -2.15. The van der Waals surface area contributed by atoms with Gasteiger partial charge in [0.25, 0.3) is 0 Å². The highest BCUT2D eigenvalue weighted by Crippen LogP contribution is 2.21. The van der Waals surface area contributed by atoms with E-state index in [0.29, 0.717) is 10.0 Å². The second-order valence-electron chi connectivity index (χ2n) is 2.66. The first-order valence-corrected chi connectivity index (χ1v) is 5.54. The molecule has 1 rings (SSSR count). The van der Waals surface area contributed by atoms with Crippen molar-refractivity contribution in [3.8, 4) is 0 Å². The van der Waals surface area contributed by atoms with E-state index >= 15 is 0 Å². The van der Waals surface area contributed by atoms with Gasteiger partial charge in [-0.25, -0.2) is 0 Å². The average Bonchev–Trinajstić information content (AvgIpc) is 2.25. The summed E-state index contributed by atoms with van der Waals surface area (Å²) in [5, 5.41) is 1.07. The van der Waals surface area contributed by atoms with Gasteiger partial charge in [-0.2, -0.15) is 0 Å². The normalized spacial score (nSPS) is 9.13. The van der Waals surface area contributed by atoms with Crippen LogP contribution >= 0.6 is 23.2 Å². The van der Waals surface area contributed by atoms with Crippen LogP contribution in [0.15, 0.2) is 18.2 Å². The Morgan fingerprint density at radius 3 is 2.40 bits per heavy atom. The second kappa shape index (κ2) is 7.69. The van der Waals surface area contributed by atoms with Gasteiger partial charge in [0.15, 0.2) is 5.78 Å². The minimum Gasteiger partial charge on any atom is -0.324 e. The fourth-order valence-electron chi connectivity index (χ4n) is 0.950. The molecule has 1 aromatic carbocycles. The molecular formula is C11H15Cl2NO. The molecule has 0 saturated heterocycles. The fourth-order valence-corrected chi connectivity index (χ4v) is 1.42. The zero-order chi connectivity index (χ0) is 11.8. The van der Waals surface area contributed by atoms with Crippen molar-refractivity contribution in [2.75, 3.05) is 6.54 Å². The van der Waals surface area contributed by atoms with Crippen LogP contribution in [0.5, 0.6) is 0 Å². The summed E-state index contributed by atoms with van der Waals surface area (Å²) in [6.07, 6.45) is 0.270. The maximum atomic E-state index is 11.0. The Labute approximate surface area is 100 Å². The minimum atomic E-state index is -0.0378. The summed E-state index contributed by atoms with van der Waals surface area (Å²) in [6.45, 7) is 4.04. The monoisotopic (exact) mass is 247 g/mol. The summed E-state index contributed by atoms with van der Waals surface area (Å²) >= 11 is 11.5. The number of Topliss-reactive ketones (excluding diaryl/α,β-unsaturated/α-hetero) is 1. The third-order valence-electron chi connectivity index (χ3n) is 1.63. The third-order valence-corrected chi connectivity index (χ3v) is 2.22. The SMILES string of the molecule is CC.NCC(=O)Cc1ccc(Cl)cc1Cl. The van der Waals surface area contributed by atoms with E-state index < -0.39 is 0 Å². The summed E-state index contributed by atoms with van der Waals surface area (Å²) in [5.74, 6) is -0.0378. The lowest BCUT2D eigenvalue weighted by atomic mass is 10.1. The molecule has 2 nitrogen and oxygen atoms in total. The number of hydrogen-bond donors (Lipinski definition) is 1. The van der Waals surface area contributed by atoms with Gasteiger partial charge in [0, 0.05) is 16.5 Å². The Morgan fingerprint density at radius 2 is 1.93 bits per heavy atom. The van der Waals surface area contributed by atoms with Crippen molar-refractivity contribution < 1.29 is 4.79 Å². The summed E-state index contributed by atoms with van der Waals surface area (Å²) in [6, 6.07) is 5.05. The molecular weight excluding hydrogens is 233 g/mol. The number of hydrogen-bond acceptors (Lipinski definition) is 2. The molecule has 0 aromatic heterocycles. The van der Waals surface area contributed by atoms with Gasteiger partial charge in [0.2, 0.25) is 0 Å². The number of rotatable bonds is 3. The maximum Gasteiger partial charge on any atom is 0.150 e. The van der Waals surface area contributed by atoms with Gasteiger partial charge in [-0.1, -0.05) is 43.1 Å². The number of carbonyl (C=O) groups is 1. The standard InChI is InChI=1S/C9H9Cl2NO.C2H6/c10-7-2-1-6(9(11)4-7)3-8(13)5-12;1-2/h1-2,4H,3,5,12H2;1-2H3. The molecule has 0 heterocycles. The van der Waals surface area contributed by atoms with E-state index in [2.05, 4.69) is 0 Å². The highest BCUT2D eigenvalue weighted by Gasteiger charge is 2.05. The predicted octanol–water partition coefficient (Wildman–Crippen LogP) is 3.09. The van der Waals surface area contributed by atoms with Crippen LogP contribution < -0.4 is 5.73 Å². The number of halogens is 2. The molecule has 0 bridgehead atoms. The van der Waals surface area contributed by atoms with Crippen LogP contribution in [-0.2, 0) is 11.2 Å². The highest BCUT2D eigenvalue weighted by molar-refractivity contribution is 6.35. The molecule has 0 aliphatic carbocycles. The van der Waals surface area contributed by atoms with Crippen molar-refractivity contribution in [2.45, 2.75) is 20.3 Å². The lowest BCUT2D eigenvalue weighted by Gasteiger charge is -2.02. The first-order chi connectivity index (χ1) is 7.13. The Morgan fingerprint density at radius 1 is 1.33 bits per heavy atom. The summed E-state index contributed by atoms with van der Waals surface area (Å²) in [7, 11) is 0. The molecule has 0 aliphatic heterocycles. The van der Waals surface area contributed by atoms with Gasteiger partial charge in [0.05, 0.1) is 6.54 Å². The molecule has 0 radical (unpaired) electrons. The molecule has 84 valence electrons. The van der Waals surface area contributed by atoms with Crippen LogP contribution in [0.1, 0.15) is 19.4 Å². The number of benzene rings is 1. The van der Waals surface area contributed by atoms with E-state index in [1.807, 2.05) is 13.8 Å². The smallest absolute Gasteiger partial charge is 0.150 e. The van der Waals surface area contributed by atoms with E-state index in [9.17, 15) is 4.79 Å². The fraction of sp³-hybridized carbons (Fsp3) is 0.364. The molecule has 0 atom stereocenters. The van der Waals surface area contributed by atoms with E-state index in [1.54, 1.807) is 18.2 Å². The van der Waals surface area contributed by atoms with Crippen molar-refractivity contribution >= 4 is 29.0 Å². The average molecular weight is 248 g/mol. The molecule has 0 unspecified atom stereocenters. The van der Waals surface area contributed by atoms with Gasteiger partial charge >= 0.3 is 0 Å². The Kier molecular flexibility index (Phi) is 7.39. The number of nitrogens with two attached hydrogens (primary N) is 1. The molecule has 2 N–H and O–H groups in total. The molecule has 1 aromatic rings. The van der Waals surface area contributed by atoms with Crippen LogP contribution in [0.4, 0.5) is 0 Å². The van der Waals surface area contributed by atoms with Crippen LogP contribution in [0.3, 0.4) is 0 Å². The van der Waals surface area contributed by atoms with E-state index in [4.69, 9.17) is 28.9 Å². The summed E-state index contributed by atoms with van der Waals surface area (Å²) in [4.78, 5) is 11.0.